The quantitative estimate of drug-likeness (QED) is 0.445. The first kappa shape index (κ1) is 20.9. The highest BCUT2D eigenvalue weighted by atomic mass is 16.5. The lowest BCUT2D eigenvalue weighted by atomic mass is 10.1. The fraction of sp³-hybridized carbons (Fsp3) is 0.125. The summed E-state index contributed by atoms with van der Waals surface area (Å²) in [6.45, 7) is 0. The predicted molar refractivity (Wildman–Crippen MR) is 122 cm³/mol. The molecular weight excluding hydrogens is 408 g/mol. The molecule has 0 unspecified atom stereocenters. The van der Waals surface area contributed by atoms with Crippen LogP contribution in [0.4, 0.5) is 5.69 Å². The molecule has 0 aliphatic rings. The third kappa shape index (κ3) is 4.39. The van der Waals surface area contributed by atoms with Gasteiger partial charge in [0.15, 0.2) is 11.5 Å². The van der Waals surface area contributed by atoms with E-state index < -0.39 is 0 Å². The summed E-state index contributed by atoms with van der Waals surface area (Å²) < 4.78 is 17.9. The minimum Gasteiger partial charge on any atom is -0.493 e. The summed E-state index contributed by atoms with van der Waals surface area (Å²) in [7, 11) is 4.63. The lowest BCUT2D eigenvalue weighted by molar-refractivity contribution is -0.111. The van der Waals surface area contributed by atoms with E-state index in [2.05, 4.69) is 15.3 Å². The fourth-order valence-corrected chi connectivity index (χ4v) is 3.25. The second-order valence-electron chi connectivity index (χ2n) is 6.81. The van der Waals surface area contributed by atoms with Crippen LogP contribution >= 0.6 is 0 Å². The van der Waals surface area contributed by atoms with Crippen LogP contribution in [-0.4, -0.2) is 41.6 Å². The molecule has 32 heavy (non-hydrogen) atoms. The molecule has 4 aromatic rings. The van der Waals surface area contributed by atoms with Crippen molar-refractivity contribution < 1.29 is 19.0 Å². The van der Waals surface area contributed by atoms with E-state index in [1.54, 1.807) is 45.7 Å². The molecule has 2 aromatic heterocycles. The van der Waals surface area contributed by atoms with Crippen molar-refractivity contribution in [3.8, 4) is 28.5 Å². The average molecular weight is 430 g/mol. The Kier molecular flexibility index (Phi) is 6.03. The van der Waals surface area contributed by atoms with Crippen LogP contribution in [0.1, 0.15) is 5.56 Å². The van der Waals surface area contributed by atoms with Crippen LogP contribution in [0.25, 0.3) is 23.1 Å². The zero-order valence-electron chi connectivity index (χ0n) is 17.9. The summed E-state index contributed by atoms with van der Waals surface area (Å²) in [5.41, 5.74) is 3.16. The first-order valence-corrected chi connectivity index (χ1v) is 9.80. The minimum absolute atomic E-state index is 0.261. The summed E-state index contributed by atoms with van der Waals surface area (Å²) in [5, 5.41) is 2.85. The molecule has 0 aliphatic heterocycles. The van der Waals surface area contributed by atoms with E-state index in [4.69, 9.17) is 14.2 Å². The number of hydrogen-bond donors (Lipinski definition) is 1. The highest BCUT2D eigenvalue weighted by molar-refractivity contribution is 6.02. The van der Waals surface area contributed by atoms with Gasteiger partial charge in [0, 0.05) is 35.9 Å². The van der Waals surface area contributed by atoms with Gasteiger partial charge >= 0.3 is 0 Å². The van der Waals surface area contributed by atoms with E-state index in [1.165, 1.54) is 6.08 Å². The molecule has 0 radical (unpaired) electrons. The fourth-order valence-electron chi connectivity index (χ4n) is 3.25. The van der Waals surface area contributed by atoms with Gasteiger partial charge in [0.2, 0.25) is 17.4 Å². The summed E-state index contributed by atoms with van der Waals surface area (Å²) in [6.07, 6.45) is 8.64. The number of aromatic nitrogens is 3. The van der Waals surface area contributed by atoms with E-state index >= 15 is 0 Å². The highest BCUT2D eigenvalue weighted by Gasteiger charge is 2.12. The largest absolute Gasteiger partial charge is 0.493 e. The van der Waals surface area contributed by atoms with Gasteiger partial charge in [-0.3, -0.25) is 9.20 Å². The number of carbonyl (C=O) groups excluding carboxylic acids is 1. The van der Waals surface area contributed by atoms with Crippen LogP contribution in [-0.2, 0) is 4.79 Å². The van der Waals surface area contributed by atoms with Gasteiger partial charge in [0.1, 0.15) is 0 Å². The van der Waals surface area contributed by atoms with Crippen LogP contribution in [0, 0.1) is 0 Å². The van der Waals surface area contributed by atoms with Gasteiger partial charge < -0.3 is 19.5 Å². The Bertz CT molecular complexity index is 1220. The number of amides is 1. The molecule has 8 heteroatoms. The number of hydrogen-bond acceptors (Lipinski definition) is 6. The maximum atomic E-state index is 12.4. The zero-order chi connectivity index (χ0) is 22.5. The molecule has 4 rings (SSSR count). The number of methoxy groups -OCH3 is 3. The third-order valence-corrected chi connectivity index (χ3v) is 4.80. The lowest BCUT2D eigenvalue weighted by Crippen LogP contribution is -2.07. The molecule has 0 saturated carbocycles. The Morgan fingerprint density at radius 1 is 1.03 bits per heavy atom. The van der Waals surface area contributed by atoms with Crippen molar-refractivity contribution in [2.24, 2.45) is 0 Å². The Balaban J connectivity index is 1.45. The van der Waals surface area contributed by atoms with Crippen molar-refractivity contribution >= 4 is 23.4 Å². The summed E-state index contributed by atoms with van der Waals surface area (Å²) in [6, 6.07) is 12.9. The van der Waals surface area contributed by atoms with Gasteiger partial charge in [-0.25, -0.2) is 9.97 Å². The molecule has 0 bridgehead atoms. The van der Waals surface area contributed by atoms with Crippen molar-refractivity contribution in [2.45, 2.75) is 0 Å². The zero-order valence-corrected chi connectivity index (χ0v) is 17.9. The second-order valence-corrected chi connectivity index (χ2v) is 6.81. The maximum absolute atomic E-state index is 12.4. The topological polar surface area (TPSA) is 87.0 Å². The smallest absolute Gasteiger partial charge is 0.248 e. The number of fused-ring (bicyclic) bond motifs is 1. The summed E-state index contributed by atoms with van der Waals surface area (Å²) in [5.74, 6) is 1.91. The van der Waals surface area contributed by atoms with Gasteiger partial charge in [0.25, 0.3) is 0 Å². The second kappa shape index (κ2) is 9.22. The van der Waals surface area contributed by atoms with Gasteiger partial charge in [-0.05, 0) is 42.0 Å². The Hall–Kier alpha value is -4.33. The average Bonchev–Trinajstić information content (AvgIpc) is 3.26. The van der Waals surface area contributed by atoms with E-state index in [9.17, 15) is 4.79 Å². The number of carbonyl (C=O) groups is 1. The predicted octanol–water partition coefficient (Wildman–Crippen LogP) is 4.07. The monoisotopic (exact) mass is 430 g/mol. The number of ether oxygens (including phenoxy) is 3. The third-order valence-electron chi connectivity index (χ3n) is 4.80. The van der Waals surface area contributed by atoms with Crippen molar-refractivity contribution in [3.63, 3.8) is 0 Å². The molecule has 2 heterocycles. The summed E-state index contributed by atoms with van der Waals surface area (Å²) >= 11 is 0. The lowest BCUT2D eigenvalue weighted by Gasteiger charge is -2.12. The number of anilines is 1. The maximum Gasteiger partial charge on any atom is 0.248 e. The molecule has 1 N–H and O–H groups in total. The van der Waals surface area contributed by atoms with E-state index in [-0.39, 0.29) is 5.91 Å². The van der Waals surface area contributed by atoms with E-state index in [0.717, 1.165) is 16.8 Å². The van der Waals surface area contributed by atoms with E-state index in [1.807, 2.05) is 47.1 Å². The van der Waals surface area contributed by atoms with Crippen LogP contribution in [0.2, 0.25) is 0 Å². The first-order chi connectivity index (χ1) is 15.6. The summed E-state index contributed by atoms with van der Waals surface area (Å²) in [4.78, 5) is 21.1. The molecule has 1 amide bonds. The number of nitrogens with one attached hydrogen (secondary N) is 1. The van der Waals surface area contributed by atoms with Gasteiger partial charge in [-0.2, -0.15) is 0 Å². The molecule has 0 atom stereocenters. The normalized spacial score (nSPS) is 11.0. The van der Waals surface area contributed by atoms with Gasteiger partial charge in [-0.1, -0.05) is 12.1 Å². The van der Waals surface area contributed by atoms with Crippen molar-refractivity contribution in [2.75, 3.05) is 26.6 Å². The number of imidazole rings is 1. The van der Waals surface area contributed by atoms with Crippen molar-refractivity contribution in [1.29, 1.82) is 0 Å². The van der Waals surface area contributed by atoms with Crippen LogP contribution < -0.4 is 19.5 Å². The first-order valence-electron chi connectivity index (χ1n) is 9.80. The Morgan fingerprint density at radius 2 is 1.75 bits per heavy atom. The minimum atomic E-state index is -0.261. The molecule has 162 valence electrons. The van der Waals surface area contributed by atoms with Crippen LogP contribution in [0.5, 0.6) is 17.2 Å². The van der Waals surface area contributed by atoms with Crippen LogP contribution in [0.3, 0.4) is 0 Å². The molecule has 8 nitrogen and oxygen atoms in total. The number of rotatable bonds is 7. The van der Waals surface area contributed by atoms with Gasteiger partial charge in [0.05, 0.1) is 27.0 Å². The Morgan fingerprint density at radius 3 is 2.38 bits per heavy atom. The highest BCUT2D eigenvalue weighted by Crippen LogP contribution is 2.38. The van der Waals surface area contributed by atoms with Crippen LogP contribution in [0.15, 0.2) is 67.1 Å². The molecule has 0 spiro atoms. The standard InChI is InChI=1S/C24H22N4O4/c1-30-20-13-16(14-21(31-2)23(20)32-3)5-10-22(29)26-18-8-6-17(7-9-18)19-15-28-12-4-11-25-24(28)27-19/h4-15H,1-3H3,(H,26,29)/b10-5+. The molecule has 2 aromatic carbocycles. The van der Waals surface area contributed by atoms with Crippen molar-refractivity contribution in [1.82, 2.24) is 14.4 Å². The van der Waals surface area contributed by atoms with Gasteiger partial charge in [-0.15, -0.1) is 0 Å². The number of benzene rings is 2. The molecular formula is C24H22N4O4. The Labute approximate surface area is 185 Å². The van der Waals surface area contributed by atoms with E-state index in [0.29, 0.717) is 28.7 Å². The molecule has 0 aliphatic carbocycles. The SMILES string of the molecule is COc1cc(/C=C/C(=O)Nc2ccc(-c3cn4cccnc4n3)cc2)cc(OC)c1OC. The number of nitrogens with zero attached hydrogens (tertiary/aromatic N) is 3. The molecule has 0 fully saturated rings. The molecule has 0 saturated heterocycles. The van der Waals surface area contributed by atoms with Crippen molar-refractivity contribution in [3.05, 3.63) is 72.7 Å².